The minimum absolute atomic E-state index is 0.0712. The predicted molar refractivity (Wildman–Crippen MR) is 41.3 cm³/mol. The molecule has 11 heavy (non-hydrogen) atoms. The molecule has 0 fully saturated rings. The number of hydrogen-bond donors (Lipinski definition) is 2. The Balaban J connectivity index is 3.21. The molecular weight excluding hydrogens is 168 g/mol. The second-order valence-electron chi connectivity index (χ2n) is 1.98. The molecule has 0 radical (unpaired) electrons. The molecule has 0 aliphatic rings. The number of ether oxygens (including phenoxy) is 1. The van der Waals surface area contributed by atoms with Crippen LogP contribution in [0.25, 0.3) is 0 Å². The number of benzene rings is 1. The maximum atomic E-state index is 9.00. The first-order valence-electron chi connectivity index (χ1n) is 2.90. The van der Waals surface area contributed by atoms with Crippen LogP contribution in [0.15, 0.2) is 12.1 Å². The molecule has 0 aromatic heterocycles. The molecule has 60 valence electrons. The van der Waals surface area contributed by atoms with Gasteiger partial charge < -0.3 is 14.9 Å². The maximum absolute atomic E-state index is 9.00. The predicted octanol–water partition coefficient (Wildman–Crippen LogP) is 1.76. The van der Waals surface area contributed by atoms with Crippen LogP contribution in [0, 0.1) is 0 Å². The molecule has 0 heterocycles. The summed E-state index contributed by atoms with van der Waals surface area (Å²) < 4.78 is 4.78. The summed E-state index contributed by atoms with van der Waals surface area (Å²) in [7, 11) is 1.45. The summed E-state index contributed by atoms with van der Waals surface area (Å²) in [6.45, 7) is 0. The van der Waals surface area contributed by atoms with Crippen LogP contribution in [-0.2, 0) is 0 Å². The fourth-order valence-electron chi connectivity index (χ4n) is 0.678. The molecule has 0 bridgehead atoms. The van der Waals surface area contributed by atoms with Gasteiger partial charge in [-0.3, -0.25) is 0 Å². The van der Waals surface area contributed by atoms with E-state index in [0.717, 1.165) is 0 Å². The van der Waals surface area contributed by atoms with E-state index in [2.05, 4.69) is 0 Å². The molecule has 0 atom stereocenters. The lowest BCUT2D eigenvalue weighted by atomic mass is 10.3. The van der Waals surface area contributed by atoms with Crippen LogP contribution < -0.4 is 4.74 Å². The first-order chi connectivity index (χ1) is 5.15. The van der Waals surface area contributed by atoms with Crippen LogP contribution in [0.1, 0.15) is 0 Å². The van der Waals surface area contributed by atoms with Gasteiger partial charge in [0.1, 0.15) is 5.75 Å². The minimum Gasteiger partial charge on any atom is -0.504 e. The monoisotopic (exact) mass is 174 g/mol. The van der Waals surface area contributed by atoms with Crippen molar-refractivity contribution in [3.63, 3.8) is 0 Å². The van der Waals surface area contributed by atoms with Gasteiger partial charge in [0.15, 0.2) is 11.5 Å². The standard InChI is InChI=1S/C7H7ClO3/c1-11-4-2-5(8)7(10)6(9)3-4/h2-3,9-10H,1H3. The maximum Gasteiger partial charge on any atom is 0.176 e. The topological polar surface area (TPSA) is 49.7 Å². The third-order valence-electron chi connectivity index (χ3n) is 1.25. The van der Waals surface area contributed by atoms with Gasteiger partial charge in [-0.15, -0.1) is 0 Å². The Morgan fingerprint density at radius 2 is 2.00 bits per heavy atom. The van der Waals surface area contributed by atoms with Crippen molar-refractivity contribution in [2.24, 2.45) is 0 Å². The van der Waals surface area contributed by atoms with E-state index in [9.17, 15) is 0 Å². The fourth-order valence-corrected chi connectivity index (χ4v) is 0.883. The Morgan fingerprint density at radius 1 is 1.36 bits per heavy atom. The van der Waals surface area contributed by atoms with E-state index in [1.54, 1.807) is 0 Å². The highest BCUT2D eigenvalue weighted by Gasteiger charge is 2.06. The van der Waals surface area contributed by atoms with E-state index in [1.165, 1.54) is 19.2 Å². The molecule has 0 saturated carbocycles. The molecule has 4 heteroatoms. The lowest BCUT2D eigenvalue weighted by Crippen LogP contribution is -1.82. The number of rotatable bonds is 1. The van der Waals surface area contributed by atoms with Gasteiger partial charge >= 0.3 is 0 Å². The number of hydrogen-bond acceptors (Lipinski definition) is 3. The van der Waals surface area contributed by atoms with Crippen LogP contribution in [0.5, 0.6) is 17.2 Å². The second kappa shape index (κ2) is 2.88. The van der Waals surface area contributed by atoms with Gasteiger partial charge in [0.05, 0.1) is 12.1 Å². The van der Waals surface area contributed by atoms with Crippen LogP contribution in [0.2, 0.25) is 5.02 Å². The summed E-state index contributed by atoms with van der Waals surface area (Å²) in [4.78, 5) is 0. The average Bonchev–Trinajstić information content (AvgIpc) is 1.99. The van der Waals surface area contributed by atoms with Gasteiger partial charge in [0.2, 0.25) is 0 Å². The van der Waals surface area contributed by atoms with Gasteiger partial charge in [-0.25, -0.2) is 0 Å². The molecule has 1 aromatic carbocycles. The molecule has 1 rings (SSSR count). The molecule has 3 nitrogen and oxygen atoms in total. The summed E-state index contributed by atoms with van der Waals surface area (Å²) in [5, 5.41) is 18.1. The Morgan fingerprint density at radius 3 is 2.45 bits per heavy atom. The molecule has 1 aromatic rings. The fraction of sp³-hybridized carbons (Fsp3) is 0.143. The number of phenolic OH excluding ortho intramolecular Hbond substituents is 2. The van der Waals surface area contributed by atoms with Gasteiger partial charge in [-0.2, -0.15) is 0 Å². The average molecular weight is 175 g/mol. The van der Waals surface area contributed by atoms with Crippen LogP contribution >= 0.6 is 11.6 Å². The number of methoxy groups -OCH3 is 1. The van der Waals surface area contributed by atoms with Gasteiger partial charge in [0.25, 0.3) is 0 Å². The van der Waals surface area contributed by atoms with Crippen molar-refractivity contribution in [3.8, 4) is 17.2 Å². The Hall–Kier alpha value is -1.09. The Kier molecular flexibility index (Phi) is 2.10. The zero-order valence-electron chi connectivity index (χ0n) is 5.84. The summed E-state index contributed by atoms with van der Waals surface area (Å²) >= 11 is 5.51. The highest BCUT2D eigenvalue weighted by atomic mass is 35.5. The minimum atomic E-state index is -0.326. The van der Waals surface area contributed by atoms with Crippen molar-refractivity contribution in [1.82, 2.24) is 0 Å². The lowest BCUT2D eigenvalue weighted by molar-refractivity contribution is 0.386. The third-order valence-corrected chi connectivity index (χ3v) is 1.54. The molecular formula is C7H7ClO3. The molecule has 0 saturated heterocycles. The number of halogens is 1. The molecule has 0 aliphatic heterocycles. The van der Waals surface area contributed by atoms with E-state index >= 15 is 0 Å². The summed E-state index contributed by atoms with van der Waals surface area (Å²) in [5.74, 6) is -0.202. The highest BCUT2D eigenvalue weighted by Crippen LogP contribution is 2.36. The first kappa shape index (κ1) is 8.01. The number of phenols is 2. The summed E-state index contributed by atoms with van der Waals surface area (Å²) in [6.07, 6.45) is 0. The van der Waals surface area contributed by atoms with Crippen LogP contribution in [0.4, 0.5) is 0 Å². The molecule has 2 N–H and O–H groups in total. The van der Waals surface area contributed by atoms with Gasteiger partial charge in [-0.1, -0.05) is 11.6 Å². The molecule has 0 aliphatic carbocycles. The van der Waals surface area contributed by atoms with E-state index in [4.69, 9.17) is 26.6 Å². The van der Waals surface area contributed by atoms with Gasteiger partial charge in [-0.05, 0) is 0 Å². The largest absolute Gasteiger partial charge is 0.504 e. The highest BCUT2D eigenvalue weighted by molar-refractivity contribution is 6.32. The van der Waals surface area contributed by atoms with Crippen molar-refractivity contribution < 1.29 is 14.9 Å². The number of aromatic hydroxyl groups is 2. The van der Waals surface area contributed by atoms with Crippen molar-refractivity contribution in [1.29, 1.82) is 0 Å². The second-order valence-corrected chi connectivity index (χ2v) is 2.38. The van der Waals surface area contributed by atoms with Crippen molar-refractivity contribution in [2.45, 2.75) is 0 Å². The van der Waals surface area contributed by atoms with Crippen molar-refractivity contribution >= 4 is 11.6 Å². The van der Waals surface area contributed by atoms with Crippen molar-refractivity contribution in [3.05, 3.63) is 17.2 Å². The normalized spacial score (nSPS) is 9.64. The molecule has 0 unspecified atom stereocenters. The lowest BCUT2D eigenvalue weighted by Gasteiger charge is -2.03. The SMILES string of the molecule is COc1cc(O)c(O)c(Cl)c1. The zero-order chi connectivity index (χ0) is 8.43. The summed E-state index contributed by atoms with van der Waals surface area (Å²) in [6, 6.07) is 2.69. The smallest absolute Gasteiger partial charge is 0.176 e. The molecule has 0 spiro atoms. The third kappa shape index (κ3) is 1.49. The zero-order valence-corrected chi connectivity index (χ0v) is 6.59. The van der Waals surface area contributed by atoms with Gasteiger partial charge in [0, 0.05) is 12.1 Å². The van der Waals surface area contributed by atoms with Crippen LogP contribution in [-0.4, -0.2) is 17.3 Å². The quantitative estimate of drug-likeness (QED) is 0.638. The van der Waals surface area contributed by atoms with E-state index < -0.39 is 0 Å². The molecule has 0 amide bonds. The van der Waals surface area contributed by atoms with E-state index in [-0.39, 0.29) is 16.5 Å². The van der Waals surface area contributed by atoms with E-state index in [0.29, 0.717) is 5.75 Å². The Bertz CT molecular complexity index is 249. The van der Waals surface area contributed by atoms with E-state index in [1.807, 2.05) is 0 Å². The Labute approximate surface area is 68.8 Å². The first-order valence-corrected chi connectivity index (χ1v) is 3.28. The summed E-state index contributed by atoms with van der Waals surface area (Å²) in [5.41, 5.74) is 0. The van der Waals surface area contributed by atoms with Crippen LogP contribution in [0.3, 0.4) is 0 Å². The van der Waals surface area contributed by atoms with Crippen molar-refractivity contribution in [2.75, 3.05) is 7.11 Å².